The van der Waals surface area contributed by atoms with Gasteiger partial charge in [-0.15, -0.1) is 22.7 Å². The summed E-state index contributed by atoms with van der Waals surface area (Å²) < 4.78 is 4.99. The van der Waals surface area contributed by atoms with Gasteiger partial charge in [0.15, 0.2) is 17.5 Å². The number of hydrogen-bond donors (Lipinski definition) is 0. The molecule has 9 aromatic carbocycles. The van der Waals surface area contributed by atoms with Crippen molar-refractivity contribution in [2.24, 2.45) is 0 Å². The van der Waals surface area contributed by atoms with Gasteiger partial charge in [0.05, 0.1) is 0 Å². The predicted molar refractivity (Wildman–Crippen MR) is 240 cm³/mol. The van der Waals surface area contributed by atoms with Gasteiger partial charge in [-0.2, -0.15) is 0 Å². The Kier molecular flexibility index (Phi) is 6.97. The maximum absolute atomic E-state index is 5.15. The van der Waals surface area contributed by atoms with Crippen LogP contribution in [0, 0.1) is 0 Å². The van der Waals surface area contributed by atoms with Crippen molar-refractivity contribution in [1.29, 1.82) is 0 Å². The van der Waals surface area contributed by atoms with Crippen molar-refractivity contribution in [2.75, 3.05) is 0 Å². The van der Waals surface area contributed by atoms with E-state index in [1.807, 2.05) is 29.5 Å². The normalized spacial score (nSPS) is 11.9. The first-order chi connectivity index (χ1) is 27.7. The highest BCUT2D eigenvalue weighted by atomic mass is 32.1. The van der Waals surface area contributed by atoms with Gasteiger partial charge < -0.3 is 0 Å². The van der Waals surface area contributed by atoms with Gasteiger partial charge in [-0.05, 0) is 67.7 Å². The third kappa shape index (κ3) is 4.92. The molecule has 260 valence electrons. The van der Waals surface area contributed by atoms with Crippen molar-refractivity contribution in [3.05, 3.63) is 176 Å². The Labute approximate surface area is 329 Å². The van der Waals surface area contributed by atoms with E-state index in [-0.39, 0.29) is 0 Å². The van der Waals surface area contributed by atoms with Crippen molar-refractivity contribution >= 4 is 95.3 Å². The zero-order valence-corrected chi connectivity index (χ0v) is 31.5. The molecule has 12 rings (SSSR count). The first-order valence-electron chi connectivity index (χ1n) is 18.8. The number of aromatic nitrogens is 3. The summed E-state index contributed by atoms with van der Waals surface area (Å²) in [5.74, 6) is 2.00. The van der Waals surface area contributed by atoms with Gasteiger partial charge in [-0.3, -0.25) is 0 Å². The van der Waals surface area contributed by atoms with Gasteiger partial charge in [0.1, 0.15) is 0 Å². The molecule has 0 aliphatic rings. The molecule has 0 saturated heterocycles. The number of thiophene rings is 2. The Hall–Kier alpha value is -6.79. The van der Waals surface area contributed by atoms with Crippen LogP contribution in [0.2, 0.25) is 0 Å². The molecule has 0 spiro atoms. The number of hydrogen-bond acceptors (Lipinski definition) is 5. The highest BCUT2D eigenvalue weighted by molar-refractivity contribution is 7.26. The fraction of sp³-hybridized carbons (Fsp3) is 0. The highest BCUT2D eigenvalue weighted by Gasteiger charge is 2.17. The molecule has 3 nitrogen and oxygen atoms in total. The van der Waals surface area contributed by atoms with Gasteiger partial charge in [0.2, 0.25) is 0 Å². The molecule has 0 bridgehead atoms. The van der Waals surface area contributed by atoms with Crippen LogP contribution in [-0.4, -0.2) is 15.0 Å². The zero-order chi connectivity index (χ0) is 36.7. The Morgan fingerprint density at radius 1 is 0.268 bits per heavy atom. The largest absolute Gasteiger partial charge is 0.208 e. The van der Waals surface area contributed by atoms with Crippen LogP contribution in [-0.2, 0) is 0 Å². The maximum Gasteiger partial charge on any atom is 0.164 e. The van der Waals surface area contributed by atoms with Crippen LogP contribution in [0.5, 0.6) is 0 Å². The third-order valence-corrected chi connectivity index (χ3v) is 13.5. The molecule has 3 heterocycles. The molecule has 0 atom stereocenters. The van der Waals surface area contributed by atoms with Crippen LogP contribution in [0.15, 0.2) is 176 Å². The minimum Gasteiger partial charge on any atom is -0.208 e. The van der Waals surface area contributed by atoms with Gasteiger partial charge in [-0.1, -0.05) is 152 Å². The summed E-state index contributed by atoms with van der Waals surface area (Å²) in [4.78, 5) is 15.3. The van der Waals surface area contributed by atoms with Crippen molar-refractivity contribution in [3.8, 4) is 45.3 Å². The molecule has 0 unspecified atom stereocenters. The number of rotatable bonds is 4. The summed E-state index contributed by atoms with van der Waals surface area (Å²) >= 11 is 3.64. The van der Waals surface area contributed by atoms with E-state index < -0.39 is 0 Å². The molecule has 0 N–H and O–H groups in total. The summed E-state index contributed by atoms with van der Waals surface area (Å²) in [7, 11) is 0. The highest BCUT2D eigenvalue weighted by Crippen LogP contribution is 2.44. The summed E-state index contributed by atoms with van der Waals surface area (Å²) in [5.41, 5.74) is 5.38. The van der Waals surface area contributed by atoms with Crippen molar-refractivity contribution in [2.45, 2.75) is 0 Å². The Morgan fingerprint density at radius 3 is 1.41 bits per heavy atom. The molecule has 0 aliphatic heterocycles. The molecule has 0 aliphatic carbocycles. The number of nitrogens with zero attached hydrogens (tertiary/aromatic N) is 3. The fourth-order valence-corrected chi connectivity index (χ4v) is 10.9. The van der Waals surface area contributed by atoms with Crippen LogP contribution in [0.4, 0.5) is 0 Å². The average Bonchev–Trinajstić information content (AvgIpc) is 3.84. The molecule has 0 saturated carbocycles. The Balaban J connectivity index is 1.01. The molecule has 56 heavy (non-hydrogen) atoms. The number of benzene rings is 9. The summed E-state index contributed by atoms with van der Waals surface area (Å²) in [6, 6.07) is 63.3. The summed E-state index contributed by atoms with van der Waals surface area (Å²) in [6.45, 7) is 0. The van der Waals surface area contributed by atoms with Crippen LogP contribution in [0.25, 0.3) is 118 Å². The lowest BCUT2D eigenvalue weighted by Gasteiger charge is -2.12. The van der Waals surface area contributed by atoms with Gasteiger partial charge in [0.25, 0.3) is 0 Å². The minimum atomic E-state index is 0.664. The molecular formula is C51H29N3S2. The topological polar surface area (TPSA) is 38.7 Å². The second-order valence-corrected chi connectivity index (χ2v) is 16.5. The van der Waals surface area contributed by atoms with Crippen LogP contribution in [0.1, 0.15) is 0 Å². The van der Waals surface area contributed by atoms with Gasteiger partial charge in [0, 0.05) is 57.0 Å². The van der Waals surface area contributed by atoms with E-state index in [2.05, 4.69) is 158 Å². The SMILES string of the molecule is c1ccc(-c2nc(-c3ccc4c(c3)sc3ccccc34)nc(-c3ccc4c(c3)sc3c(-c5ccc6c7ccccc7c7ccccc7c6c5)cccc34)n2)cc1. The van der Waals surface area contributed by atoms with Gasteiger partial charge >= 0.3 is 0 Å². The molecule has 0 amide bonds. The van der Waals surface area contributed by atoms with E-state index in [0.29, 0.717) is 17.5 Å². The van der Waals surface area contributed by atoms with Crippen LogP contribution in [0.3, 0.4) is 0 Å². The van der Waals surface area contributed by atoms with Gasteiger partial charge in [-0.25, -0.2) is 15.0 Å². The lowest BCUT2D eigenvalue weighted by atomic mass is 9.92. The summed E-state index contributed by atoms with van der Waals surface area (Å²) in [5, 5.41) is 12.8. The zero-order valence-electron chi connectivity index (χ0n) is 29.9. The second-order valence-electron chi connectivity index (χ2n) is 14.3. The molecular weight excluding hydrogens is 719 g/mol. The molecule has 3 aromatic heterocycles. The first-order valence-corrected chi connectivity index (χ1v) is 20.4. The maximum atomic E-state index is 5.15. The fourth-order valence-electron chi connectivity index (χ4n) is 8.46. The van der Waals surface area contributed by atoms with E-state index in [1.165, 1.54) is 83.8 Å². The van der Waals surface area contributed by atoms with E-state index in [1.54, 1.807) is 11.3 Å². The van der Waals surface area contributed by atoms with E-state index in [4.69, 9.17) is 15.0 Å². The lowest BCUT2D eigenvalue weighted by Crippen LogP contribution is -2.00. The van der Waals surface area contributed by atoms with E-state index >= 15 is 0 Å². The smallest absolute Gasteiger partial charge is 0.164 e. The standard InChI is InChI=1S/C51H29N3S2/c1-2-11-30(12-3-1)49-52-50(32-22-25-41-40-17-8-9-20-45(40)55-46(41)28-32)54-51(53-49)33-23-26-42-43-19-10-18-34(48(43)56-47(42)29-33)31-21-24-39-37-15-5-4-13-35(37)36-14-6-7-16-38(36)44(39)27-31/h1-29H. The van der Waals surface area contributed by atoms with E-state index in [0.717, 1.165) is 16.7 Å². The molecule has 5 heteroatoms. The predicted octanol–water partition coefficient (Wildman–Crippen LogP) is 14.7. The van der Waals surface area contributed by atoms with Crippen LogP contribution >= 0.6 is 22.7 Å². The first kappa shape index (κ1) is 31.5. The Bertz CT molecular complexity index is 3510. The average molecular weight is 748 g/mol. The van der Waals surface area contributed by atoms with E-state index in [9.17, 15) is 0 Å². The third-order valence-electron chi connectivity index (χ3n) is 11.1. The molecule has 12 aromatic rings. The summed E-state index contributed by atoms with van der Waals surface area (Å²) in [6.07, 6.45) is 0. The molecule has 0 radical (unpaired) electrons. The molecule has 0 fully saturated rings. The van der Waals surface area contributed by atoms with Crippen molar-refractivity contribution < 1.29 is 0 Å². The second kappa shape index (κ2) is 12.4. The Morgan fingerprint density at radius 2 is 0.732 bits per heavy atom. The minimum absolute atomic E-state index is 0.664. The van der Waals surface area contributed by atoms with Crippen molar-refractivity contribution in [1.82, 2.24) is 15.0 Å². The van der Waals surface area contributed by atoms with Crippen molar-refractivity contribution in [3.63, 3.8) is 0 Å². The quantitative estimate of drug-likeness (QED) is 0.168. The lowest BCUT2D eigenvalue weighted by molar-refractivity contribution is 1.08. The van der Waals surface area contributed by atoms with Crippen LogP contribution < -0.4 is 0 Å². The number of fused-ring (bicyclic) bond motifs is 12. The monoisotopic (exact) mass is 747 g/mol.